The van der Waals surface area contributed by atoms with Crippen LogP contribution in [-0.2, 0) is 0 Å². The molecule has 0 rings (SSSR count). The summed E-state index contributed by atoms with van der Waals surface area (Å²) in [5.74, 6) is 0. The van der Waals surface area contributed by atoms with Crippen molar-refractivity contribution in [1.29, 1.82) is 5.26 Å². The van der Waals surface area contributed by atoms with Gasteiger partial charge in [0.2, 0.25) is 0 Å². The molecule has 33 valence electrons. The summed E-state index contributed by atoms with van der Waals surface area (Å²) < 4.78 is 0. The van der Waals surface area contributed by atoms with Crippen LogP contribution in [0.15, 0.2) is 0 Å². The maximum absolute atomic E-state index is 7.86. The summed E-state index contributed by atoms with van der Waals surface area (Å²) in [5, 5.41) is 10.6. The van der Waals surface area contributed by atoms with Crippen LogP contribution >= 0.6 is 0 Å². The first-order valence-corrected chi connectivity index (χ1v) is 1.78. The van der Waals surface area contributed by atoms with Gasteiger partial charge in [-0.25, -0.2) is 0 Å². The molecule has 0 aromatic heterocycles. The maximum Gasteiger partial charge on any atom is 0.0840 e. The predicted molar refractivity (Wildman–Crippen MR) is 23.8 cm³/mol. The first-order chi connectivity index (χ1) is 2.91. The van der Waals surface area contributed by atoms with Gasteiger partial charge in [-0.1, -0.05) is 0 Å². The second kappa shape index (κ2) is 4.45. The Morgan fingerprint density at radius 3 is 2.67 bits per heavy atom. The third-order valence-corrected chi connectivity index (χ3v) is 0.381. The fraction of sp³-hybridized carbons (Fsp3) is 0.500. The van der Waals surface area contributed by atoms with E-state index in [0.717, 1.165) is 0 Å². The zero-order valence-electron chi connectivity index (χ0n) is 3.57. The van der Waals surface area contributed by atoms with Gasteiger partial charge in [0.25, 0.3) is 0 Å². The molecule has 0 aromatic rings. The number of rotatable bonds is 2. The van der Waals surface area contributed by atoms with Crippen molar-refractivity contribution >= 4 is 0 Å². The Balaban J connectivity index is 2.54. The molecule has 0 aliphatic rings. The van der Waals surface area contributed by atoms with E-state index in [9.17, 15) is 0 Å². The van der Waals surface area contributed by atoms with Crippen LogP contribution in [0.25, 0.3) is 0 Å². The lowest BCUT2D eigenvalue weighted by molar-refractivity contribution is 0.848. The molecule has 6 heavy (non-hydrogen) atoms. The summed E-state index contributed by atoms with van der Waals surface area (Å²) in [6.07, 6.45) is 0. The Morgan fingerprint density at radius 1 is 1.83 bits per heavy atom. The van der Waals surface area contributed by atoms with E-state index in [0.29, 0.717) is 13.1 Å². The van der Waals surface area contributed by atoms with Gasteiger partial charge >= 0.3 is 0 Å². The highest BCUT2D eigenvalue weighted by molar-refractivity contribution is 4.72. The topological polar surface area (TPSA) is 35.8 Å². The van der Waals surface area contributed by atoms with Crippen molar-refractivity contribution in [3.05, 3.63) is 6.92 Å². The van der Waals surface area contributed by atoms with Crippen LogP contribution in [-0.4, -0.2) is 13.1 Å². The van der Waals surface area contributed by atoms with Gasteiger partial charge in [0.05, 0.1) is 12.6 Å². The fourth-order valence-corrected chi connectivity index (χ4v) is 0.144. The summed E-state index contributed by atoms with van der Waals surface area (Å²) in [6.45, 7) is 4.50. The van der Waals surface area contributed by atoms with Crippen molar-refractivity contribution < 1.29 is 0 Å². The number of nitrogens with zero attached hydrogens (tertiary/aromatic N) is 1. The van der Waals surface area contributed by atoms with E-state index in [1.165, 1.54) is 0 Å². The molecule has 0 fully saturated rings. The molecular weight excluding hydrogens is 76.1 g/mol. The lowest BCUT2D eigenvalue weighted by Gasteiger charge is -1.84. The largest absolute Gasteiger partial charge is 0.304 e. The SMILES string of the molecule is [CH2]CNCC#N. The van der Waals surface area contributed by atoms with Crippen molar-refractivity contribution in [3.8, 4) is 6.07 Å². The average Bonchev–Trinajstić information content (AvgIpc) is 1.61. The lowest BCUT2D eigenvalue weighted by atomic mass is 10.7. The Bertz CT molecular complexity index is 53.1. The second-order valence-corrected chi connectivity index (χ2v) is 0.835. The average molecular weight is 83.1 g/mol. The summed E-state index contributed by atoms with van der Waals surface area (Å²) in [5.41, 5.74) is 0. The number of hydrogen-bond donors (Lipinski definition) is 1. The van der Waals surface area contributed by atoms with Crippen LogP contribution in [0.5, 0.6) is 0 Å². The van der Waals surface area contributed by atoms with Crippen LogP contribution in [0.2, 0.25) is 0 Å². The van der Waals surface area contributed by atoms with Crippen LogP contribution < -0.4 is 5.32 Å². The molecule has 0 heterocycles. The van der Waals surface area contributed by atoms with Gasteiger partial charge in [0.15, 0.2) is 0 Å². The normalized spacial score (nSPS) is 7.33. The molecule has 2 nitrogen and oxygen atoms in total. The van der Waals surface area contributed by atoms with E-state index in [4.69, 9.17) is 5.26 Å². The molecule has 0 saturated heterocycles. The first kappa shape index (κ1) is 5.45. The van der Waals surface area contributed by atoms with Crippen molar-refractivity contribution in [1.82, 2.24) is 5.32 Å². The van der Waals surface area contributed by atoms with Crippen molar-refractivity contribution in [2.24, 2.45) is 0 Å². The fourth-order valence-electron chi connectivity index (χ4n) is 0.144. The highest BCUT2D eigenvalue weighted by atomic mass is 14.8. The summed E-state index contributed by atoms with van der Waals surface area (Å²) in [7, 11) is 0. The van der Waals surface area contributed by atoms with E-state index in [-0.39, 0.29) is 0 Å². The summed E-state index contributed by atoms with van der Waals surface area (Å²) >= 11 is 0. The van der Waals surface area contributed by atoms with Crippen molar-refractivity contribution in [2.45, 2.75) is 0 Å². The second-order valence-electron chi connectivity index (χ2n) is 0.835. The Kier molecular flexibility index (Phi) is 4.04. The van der Waals surface area contributed by atoms with Gasteiger partial charge in [-0.2, -0.15) is 5.26 Å². The Labute approximate surface area is 37.8 Å². The molecule has 0 unspecified atom stereocenters. The van der Waals surface area contributed by atoms with Crippen molar-refractivity contribution in [3.63, 3.8) is 0 Å². The molecule has 0 aliphatic heterocycles. The van der Waals surface area contributed by atoms with E-state index in [1.54, 1.807) is 0 Å². The van der Waals surface area contributed by atoms with Crippen LogP contribution in [0.3, 0.4) is 0 Å². The highest BCUT2D eigenvalue weighted by Crippen LogP contribution is 1.48. The Morgan fingerprint density at radius 2 is 2.50 bits per heavy atom. The number of nitrogens with one attached hydrogen (secondary N) is 1. The first-order valence-electron chi connectivity index (χ1n) is 1.78. The molecule has 0 spiro atoms. The number of nitriles is 1. The maximum atomic E-state index is 7.86. The van der Waals surface area contributed by atoms with Gasteiger partial charge in [-0.3, -0.25) is 0 Å². The molecule has 0 aliphatic carbocycles. The third-order valence-electron chi connectivity index (χ3n) is 0.381. The van der Waals surface area contributed by atoms with E-state index in [1.807, 2.05) is 6.07 Å². The zero-order chi connectivity index (χ0) is 4.83. The van der Waals surface area contributed by atoms with Gasteiger partial charge in [0.1, 0.15) is 0 Å². The van der Waals surface area contributed by atoms with E-state index in [2.05, 4.69) is 12.2 Å². The monoisotopic (exact) mass is 83.1 g/mol. The van der Waals surface area contributed by atoms with Gasteiger partial charge in [-0.05, 0) is 13.5 Å². The van der Waals surface area contributed by atoms with E-state index < -0.39 is 0 Å². The molecule has 0 atom stereocenters. The molecule has 1 radical (unpaired) electrons. The van der Waals surface area contributed by atoms with E-state index >= 15 is 0 Å². The van der Waals surface area contributed by atoms with Crippen LogP contribution in [0.1, 0.15) is 0 Å². The van der Waals surface area contributed by atoms with Crippen LogP contribution in [0.4, 0.5) is 0 Å². The molecule has 0 amide bonds. The highest BCUT2D eigenvalue weighted by Gasteiger charge is 1.69. The summed E-state index contributed by atoms with van der Waals surface area (Å²) in [4.78, 5) is 0. The standard InChI is InChI=1S/C4H7N2/c1-2-6-4-3-5/h6H,1-2,4H2. The smallest absolute Gasteiger partial charge is 0.0840 e. The Hall–Kier alpha value is -0.550. The summed E-state index contributed by atoms with van der Waals surface area (Å²) in [6, 6.07) is 1.92. The minimum atomic E-state index is 0.406. The predicted octanol–water partition coefficient (Wildman–Crippen LogP) is -0.0663. The minimum absolute atomic E-state index is 0.406. The number of hydrogen-bond acceptors (Lipinski definition) is 2. The molecule has 0 bridgehead atoms. The lowest BCUT2D eigenvalue weighted by Crippen LogP contribution is -2.11. The molecule has 1 N–H and O–H groups in total. The van der Waals surface area contributed by atoms with Gasteiger partial charge in [0, 0.05) is 0 Å². The molecular formula is C4H7N2. The van der Waals surface area contributed by atoms with Crippen molar-refractivity contribution in [2.75, 3.05) is 13.1 Å². The zero-order valence-corrected chi connectivity index (χ0v) is 3.57. The third kappa shape index (κ3) is 3.45. The molecule has 0 saturated carbocycles. The van der Waals surface area contributed by atoms with Gasteiger partial charge < -0.3 is 5.32 Å². The van der Waals surface area contributed by atoms with Crippen LogP contribution in [0, 0.1) is 18.3 Å². The minimum Gasteiger partial charge on any atom is -0.304 e. The van der Waals surface area contributed by atoms with Gasteiger partial charge in [-0.15, -0.1) is 0 Å². The quantitative estimate of drug-likeness (QED) is 0.375. The molecule has 2 heteroatoms. The molecule has 0 aromatic carbocycles.